The van der Waals surface area contributed by atoms with E-state index in [2.05, 4.69) is 33.4 Å². The Morgan fingerprint density at radius 2 is 2.32 bits per heavy atom. The zero-order valence-electron chi connectivity index (χ0n) is 10.9. The van der Waals surface area contributed by atoms with Crippen LogP contribution in [0.4, 0.5) is 0 Å². The second-order valence-electron chi connectivity index (χ2n) is 4.39. The smallest absolute Gasteiger partial charge is 0.152 e. The highest BCUT2D eigenvalue weighted by atomic mass is 79.9. The molecule has 0 saturated carbocycles. The number of hydrogen-bond acceptors (Lipinski definition) is 3. The Balaban J connectivity index is 2.19. The van der Waals surface area contributed by atoms with Crippen LogP contribution in [-0.2, 0) is 22.4 Å². The van der Waals surface area contributed by atoms with Crippen molar-refractivity contribution in [3.8, 4) is 0 Å². The molecule has 0 spiro atoms. The summed E-state index contributed by atoms with van der Waals surface area (Å²) >= 11 is 3.45. The molecule has 0 saturated heterocycles. The van der Waals surface area contributed by atoms with Gasteiger partial charge in [0.1, 0.15) is 18.1 Å². The highest BCUT2D eigenvalue weighted by Gasteiger charge is 2.12. The maximum Gasteiger partial charge on any atom is 0.152 e. The lowest BCUT2D eigenvalue weighted by Crippen LogP contribution is -2.11. The predicted octanol–water partition coefficient (Wildman–Crippen LogP) is 2.46. The molecule has 102 valence electrons. The summed E-state index contributed by atoms with van der Waals surface area (Å²) < 4.78 is 8.38. The predicted molar refractivity (Wildman–Crippen MR) is 82.9 cm³/mol. The highest BCUT2D eigenvalue weighted by molar-refractivity contribution is 9.10. The summed E-state index contributed by atoms with van der Waals surface area (Å²) in [5.41, 5.74) is 1.40. The van der Waals surface area contributed by atoms with Gasteiger partial charge in [-0.1, -0.05) is 0 Å². The van der Waals surface area contributed by atoms with Crippen LogP contribution in [0, 0.1) is 0 Å². The number of pyridine rings is 1. The molecule has 4 nitrogen and oxygen atoms in total. The molecular formula is C13H16BrN2O2S+. The molecule has 0 aromatic carbocycles. The van der Waals surface area contributed by atoms with Crippen molar-refractivity contribution in [1.29, 1.82) is 0 Å². The monoisotopic (exact) mass is 343 g/mol. The fraction of sp³-hybridized carbons (Fsp3) is 0.385. The molecular weight excluding hydrogens is 328 g/mol. The fourth-order valence-corrected chi connectivity index (χ4v) is 2.76. The molecule has 2 aromatic rings. The average molecular weight is 344 g/mol. The number of hydrogen-bond donors (Lipinski definition) is 0. The van der Waals surface area contributed by atoms with Crippen molar-refractivity contribution in [3.63, 3.8) is 0 Å². The van der Waals surface area contributed by atoms with Crippen LogP contribution in [0.15, 0.2) is 22.9 Å². The van der Waals surface area contributed by atoms with Gasteiger partial charge in [-0.05, 0) is 32.9 Å². The van der Waals surface area contributed by atoms with E-state index in [1.54, 1.807) is 12.4 Å². The van der Waals surface area contributed by atoms with Crippen molar-refractivity contribution in [2.75, 3.05) is 24.9 Å². The molecule has 0 radical (unpaired) electrons. The Bertz CT molecular complexity index is 583. The lowest BCUT2D eigenvalue weighted by Gasteiger charge is -2.05. The number of carbonyl (C=O) groups excluding carboxylic acids is 1. The largest absolute Gasteiger partial charge is 0.356 e. The first-order valence-corrected chi connectivity index (χ1v) is 8.84. The minimum atomic E-state index is 0.386. The summed E-state index contributed by atoms with van der Waals surface area (Å²) in [7, 11) is 0.386. The van der Waals surface area contributed by atoms with Gasteiger partial charge in [-0.3, -0.25) is 4.79 Å². The maximum absolute atomic E-state index is 11.1. The van der Waals surface area contributed by atoms with Crippen molar-refractivity contribution in [1.82, 2.24) is 9.55 Å². The lowest BCUT2D eigenvalue weighted by atomic mass is 10.2. The first-order valence-electron chi connectivity index (χ1n) is 5.84. The number of aromatic nitrogens is 2. The van der Waals surface area contributed by atoms with E-state index in [4.69, 9.17) is 4.74 Å². The second kappa shape index (κ2) is 6.54. The van der Waals surface area contributed by atoms with Crippen molar-refractivity contribution < 1.29 is 9.53 Å². The van der Waals surface area contributed by atoms with E-state index in [0.29, 0.717) is 23.2 Å². The zero-order valence-corrected chi connectivity index (χ0v) is 13.3. The highest BCUT2D eigenvalue weighted by Crippen LogP contribution is 2.26. The summed E-state index contributed by atoms with van der Waals surface area (Å²) in [6, 6.07) is 1.83. The SMILES string of the molecule is C[S+](C)CCOCn1cc(C=O)c2c(Br)ccnc21. The van der Waals surface area contributed by atoms with Gasteiger partial charge in [0.05, 0.1) is 19.1 Å². The van der Waals surface area contributed by atoms with E-state index in [1.807, 2.05) is 10.6 Å². The first-order chi connectivity index (χ1) is 9.13. The van der Waals surface area contributed by atoms with Crippen molar-refractivity contribution in [2.45, 2.75) is 6.73 Å². The van der Waals surface area contributed by atoms with Crippen LogP contribution in [0.5, 0.6) is 0 Å². The standard InChI is InChI=1S/C13H16BrN2O2S/c1-19(2)6-5-18-9-16-7-10(8-17)12-11(14)3-4-15-13(12)16/h3-4,7-8H,5-6,9H2,1-2H3/q+1. The third kappa shape index (κ3) is 3.38. The van der Waals surface area contributed by atoms with Crippen LogP contribution in [0.1, 0.15) is 10.4 Å². The molecule has 2 rings (SSSR count). The Morgan fingerprint density at radius 3 is 3.00 bits per heavy atom. The van der Waals surface area contributed by atoms with Crippen LogP contribution < -0.4 is 0 Å². The number of fused-ring (bicyclic) bond motifs is 1. The van der Waals surface area contributed by atoms with E-state index in [9.17, 15) is 4.79 Å². The van der Waals surface area contributed by atoms with Gasteiger partial charge in [0.15, 0.2) is 6.29 Å². The molecule has 6 heteroatoms. The van der Waals surface area contributed by atoms with E-state index < -0.39 is 0 Å². The summed E-state index contributed by atoms with van der Waals surface area (Å²) in [6.07, 6.45) is 8.73. The summed E-state index contributed by atoms with van der Waals surface area (Å²) in [6.45, 7) is 1.14. The molecule has 0 atom stereocenters. The molecule has 0 fully saturated rings. The van der Waals surface area contributed by atoms with Crippen molar-refractivity contribution in [3.05, 3.63) is 28.5 Å². The summed E-state index contributed by atoms with van der Waals surface area (Å²) in [5.74, 6) is 1.05. The summed E-state index contributed by atoms with van der Waals surface area (Å²) in [4.78, 5) is 15.4. The average Bonchev–Trinajstić information content (AvgIpc) is 2.74. The molecule has 2 aromatic heterocycles. The molecule has 0 unspecified atom stereocenters. The third-order valence-electron chi connectivity index (χ3n) is 2.73. The van der Waals surface area contributed by atoms with E-state index in [-0.39, 0.29) is 0 Å². The third-order valence-corrected chi connectivity index (χ3v) is 4.37. The minimum absolute atomic E-state index is 0.386. The van der Waals surface area contributed by atoms with Gasteiger partial charge >= 0.3 is 0 Å². The number of carbonyl (C=O) groups is 1. The van der Waals surface area contributed by atoms with Crippen LogP contribution in [0.25, 0.3) is 11.0 Å². The number of rotatable bonds is 6. The molecule has 0 N–H and O–H groups in total. The molecule has 19 heavy (non-hydrogen) atoms. The Morgan fingerprint density at radius 1 is 1.53 bits per heavy atom. The number of nitrogens with zero attached hydrogens (tertiary/aromatic N) is 2. The van der Waals surface area contributed by atoms with Gasteiger partial charge in [-0.2, -0.15) is 0 Å². The summed E-state index contributed by atoms with van der Waals surface area (Å²) in [5, 5.41) is 0.840. The Labute approximate surface area is 123 Å². The van der Waals surface area contributed by atoms with E-state index >= 15 is 0 Å². The number of halogens is 1. The van der Waals surface area contributed by atoms with Gasteiger partial charge in [0.25, 0.3) is 0 Å². The van der Waals surface area contributed by atoms with Crippen LogP contribution >= 0.6 is 15.9 Å². The van der Waals surface area contributed by atoms with E-state index in [0.717, 1.165) is 34.2 Å². The van der Waals surface area contributed by atoms with Gasteiger partial charge in [0, 0.05) is 27.8 Å². The van der Waals surface area contributed by atoms with Gasteiger partial charge in [0.2, 0.25) is 0 Å². The fourth-order valence-electron chi connectivity index (χ4n) is 1.78. The lowest BCUT2D eigenvalue weighted by molar-refractivity contribution is 0.0922. The van der Waals surface area contributed by atoms with Crippen LogP contribution in [0.2, 0.25) is 0 Å². The topological polar surface area (TPSA) is 44.1 Å². The van der Waals surface area contributed by atoms with E-state index in [1.165, 1.54) is 0 Å². The molecule has 0 aliphatic carbocycles. The van der Waals surface area contributed by atoms with Gasteiger partial charge in [-0.25, -0.2) is 4.98 Å². The van der Waals surface area contributed by atoms with Crippen LogP contribution in [-0.4, -0.2) is 40.7 Å². The van der Waals surface area contributed by atoms with Gasteiger partial charge < -0.3 is 9.30 Å². The molecule has 2 heterocycles. The number of aldehydes is 1. The molecule has 0 amide bonds. The quantitative estimate of drug-likeness (QED) is 0.459. The van der Waals surface area contributed by atoms with Crippen molar-refractivity contribution in [2.24, 2.45) is 0 Å². The maximum atomic E-state index is 11.1. The Hall–Kier alpha value is -0.850. The van der Waals surface area contributed by atoms with Gasteiger partial charge in [-0.15, -0.1) is 0 Å². The normalized spacial score (nSPS) is 11.4. The molecule has 0 bridgehead atoms. The molecule has 0 aliphatic rings. The second-order valence-corrected chi connectivity index (χ2v) is 7.62. The zero-order chi connectivity index (χ0) is 13.8. The first kappa shape index (κ1) is 14.6. The minimum Gasteiger partial charge on any atom is -0.356 e. The molecule has 0 aliphatic heterocycles. The van der Waals surface area contributed by atoms with Crippen LogP contribution in [0.3, 0.4) is 0 Å². The number of ether oxygens (including phenoxy) is 1. The Kier molecular flexibility index (Phi) is 5.01. The van der Waals surface area contributed by atoms with Crippen molar-refractivity contribution >= 4 is 44.1 Å².